The molecule has 2 atom stereocenters. The maximum atomic E-state index is 11.7. The molecular formula is C11H22N2O3. The lowest BCUT2D eigenvalue weighted by Gasteiger charge is -2.33. The summed E-state index contributed by atoms with van der Waals surface area (Å²) < 4.78 is 5.25. The van der Waals surface area contributed by atoms with Crippen LogP contribution in [0.2, 0.25) is 0 Å². The molecule has 1 heterocycles. The molecule has 0 aliphatic carbocycles. The Morgan fingerprint density at radius 1 is 1.69 bits per heavy atom. The van der Waals surface area contributed by atoms with Crippen LogP contribution in [0.3, 0.4) is 0 Å². The van der Waals surface area contributed by atoms with Crippen LogP contribution in [-0.4, -0.2) is 60.9 Å². The molecule has 1 rings (SSSR count). The van der Waals surface area contributed by atoms with Crippen molar-refractivity contribution in [2.24, 2.45) is 0 Å². The normalized spacial score (nSPS) is 24.1. The number of hydrogen-bond donors (Lipinski definition) is 2. The summed E-state index contributed by atoms with van der Waals surface area (Å²) >= 11 is 0. The summed E-state index contributed by atoms with van der Waals surface area (Å²) in [6, 6.07) is 0.164. The molecule has 0 saturated carbocycles. The average molecular weight is 230 g/mol. The molecule has 0 aromatic carbocycles. The van der Waals surface area contributed by atoms with Crippen molar-refractivity contribution in [1.82, 2.24) is 10.2 Å². The van der Waals surface area contributed by atoms with E-state index in [0.717, 1.165) is 6.42 Å². The Morgan fingerprint density at radius 3 is 3.06 bits per heavy atom. The van der Waals surface area contributed by atoms with E-state index < -0.39 is 0 Å². The van der Waals surface area contributed by atoms with Gasteiger partial charge in [0.1, 0.15) is 0 Å². The number of ether oxygens (including phenoxy) is 1. The summed E-state index contributed by atoms with van der Waals surface area (Å²) in [6.07, 6.45) is 0.929. The second-order valence-electron chi connectivity index (χ2n) is 4.26. The van der Waals surface area contributed by atoms with E-state index in [-0.39, 0.29) is 24.6 Å². The summed E-state index contributed by atoms with van der Waals surface area (Å²) in [4.78, 5) is 13.6. The zero-order valence-electron chi connectivity index (χ0n) is 10.1. The molecule has 5 nitrogen and oxygen atoms in total. The van der Waals surface area contributed by atoms with Gasteiger partial charge in [0.2, 0.25) is 5.91 Å². The second kappa shape index (κ2) is 6.83. The number of rotatable bonds is 5. The highest BCUT2D eigenvalue weighted by atomic mass is 16.5. The molecule has 1 aliphatic rings. The molecule has 1 aliphatic heterocycles. The van der Waals surface area contributed by atoms with Gasteiger partial charge in [-0.05, 0) is 13.3 Å². The van der Waals surface area contributed by atoms with E-state index in [2.05, 4.69) is 5.32 Å². The lowest BCUT2D eigenvalue weighted by molar-refractivity contribution is -0.125. The number of morpholine rings is 1. The van der Waals surface area contributed by atoms with Gasteiger partial charge >= 0.3 is 0 Å². The van der Waals surface area contributed by atoms with Crippen LogP contribution in [0.25, 0.3) is 0 Å². The first kappa shape index (κ1) is 13.4. The molecule has 1 fully saturated rings. The topological polar surface area (TPSA) is 61.8 Å². The quantitative estimate of drug-likeness (QED) is 0.674. The molecule has 0 aromatic rings. The molecule has 1 amide bonds. The van der Waals surface area contributed by atoms with Crippen LogP contribution in [0.5, 0.6) is 0 Å². The summed E-state index contributed by atoms with van der Waals surface area (Å²) in [5.74, 6) is 0.0229. The maximum absolute atomic E-state index is 11.7. The number of carbonyl (C=O) groups is 1. The van der Waals surface area contributed by atoms with Gasteiger partial charge in [-0.2, -0.15) is 0 Å². The van der Waals surface area contributed by atoms with Gasteiger partial charge in [0.15, 0.2) is 0 Å². The third-order valence-corrected chi connectivity index (χ3v) is 2.93. The number of amides is 1. The van der Waals surface area contributed by atoms with Crippen molar-refractivity contribution < 1.29 is 14.6 Å². The van der Waals surface area contributed by atoms with Gasteiger partial charge < -0.3 is 15.2 Å². The Kier molecular flexibility index (Phi) is 5.73. The molecule has 0 bridgehead atoms. The van der Waals surface area contributed by atoms with Crippen LogP contribution in [0.15, 0.2) is 0 Å². The SMILES string of the molecule is CCC(C)NC(=O)CN1CCOCC1CO. The van der Waals surface area contributed by atoms with E-state index in [4.69, 9.17) is 9.84 Å². The molecule has 2 N–H and O–H groups in total. The molecule has 1 saturated heterocycles. The fraction of sp³-hybridized carbons (Fsp3) is 0.909. The minimum Gasteiger partial charge on any atom is -0.395 e. The predicted molar refractivity (Wildman–Crippen MR) is 61.2 cm³/mol. The van der Waals surface area contributed by atoms with Crippen molar-refractivity contribution in [3.8, 4) is 0 Å². The Hall–Kier alpha value is -0.650. The molecule has 0 spiro atoms. The lowest BCUT2D eigenvalue weighted by Crippen LogP contribution is -2.51. The van der Waals surface area contributed by atoms with Gasteiger partial charge in [0, 0.05) is 12.6 Å². The first-order chi connectivity index (χ1) is 7.67. The van der Waals surface area contributed by atoms with Crippen molar-refractivity contribution in [3.05, 3.63) is 0 Å². The highest BCUT2D eigenvalue weighted by molar-refractivity contribution is 5.78. The fourth-order valence-electron chi connectivity index (χ4n) is 1.67. The van der Waals surface area contributed by atoms with E-state index in [0.29, 0.717) is 26.3 Å². The zero-order chi connectivity index (χ0) is 12.0. The third-order valence-electron chi connectivity index (χ3n) is 2.93. The summed E-state index contributed by atoms with van der Waals surface area (Å²) in [6.45, 7) is 6.26. The molecule has 5 heteroatoms. The number of aliphatic hydroxyl groups excluding tert-OH is 1. The molecule has 94 valence electrons. The van der Waals surface area contributed by atoms with Crippen LogP contribution in [0.1, 0.15) is 20.3 Å². The molecule has 16 heavy (non-hydrogen) atoms. The summed E-state index contributed by atoms with van der Waals surface area (Å²) in [7, 11) is 0. The van der Waals surface area contributed by atoms with Gasteiger partial charge in [-0.15, -0.1) is 0 Å². The summed E-state index contributed by atoms with van der Waals surface area (Å²) in [5.41, 5.74) is 0. The summed E-state index contributed by atoms with van der Waals surface area (Å²) in [5, 5.41) is 12.1. The van der Waals surface area contributed by atoms with E-state index >= 15 is 0 Å². The number of carbonyl (C=O) groups excluding carboxylic acids is 1. The fourth-order valence-corrected chi connectivity index (χ4v) is 1.67. The predicted octanol–water partition coefficient (Wildman–Crippen LogP) is -0.406. The zero-order valence-corrected chi connectivity index (χ0v) is 10.1. The van der Waals surface area contributed by atoms with E-state index in [1.165, 1.54) is 0 Å². The van der Waals surface area contributed by atoms with Gasteiger partial charge in [0.25, 0.3) is 0 Å². The Balaban J connectivity index is 2.36. The van der Waals surface area contributed by atoms with Crippen molar-refractivity contribution in [2.45, 2.75) is 32.4 Å². The lowest BCUT2D eigenvalue weighted by atomic mass is 10.2. The van der Waals surface area contributed by atoms with Crippen molar-refractivity contribution in [1.29, 1.82) is 0 Å². The first-order valence-corrected chi connectivity index (χ1v) is 5.89. The van der Waals surface area contributed by atoms with E-state index in [1.807, 2.05) is 18.7 Å². The maximum Gasteiger partial charge on any atom is 0.234 e. The van der Waals surface area contributed by atoms with Gasteiger partial charge in [-0.25, -0.2) is 0 Å². The molecule has 0 radical (unpaired) electrons. The van der Waals surface area contributed by atoms with Crippen LogP contribution in [0.4, 0.5) is 0 Å². The Bertz CT molecular complexity index is 223. The number of nitrogens with one attached hydrogen (secondary N) is 1. The Morgan fingerprint density at radius 2 is 2.44 bits per heavy atom. The number of nitrogens with zero attached hydrogens (tertiary/aromatic N) is 1. The van der Waals surface area contributed by atoms with E-state index in [1.54, 1.807) is 0 Å². The van der Waals surface area contributed by atoms with Crippen LogP contribution in [0, 0.1) is 0 Å². The highest BCUT2D eigenvalue weighted by Crippen LogP contribution is 2.05. The minimum atomic E-state index is -0.0450. The molecular weight excluding hydrogens is 208 g/mol. The smallest absolute Gasteiger partial charge is 0.234 e. The van der Waals surface area contributed by atoms with Crippen LogP contribution in [-0.2, 0) is 9.53 Å². The van der Waals surface area contributed by atoms with Crippen LogP contribution < -0.4 is 5.32 Å². The average Bonchev–Trinajstić information content (AvgIpc) is 2.29. The van der Waals surface area contributed by atoms with Crippen molar-refractivity contribution in [3.63, 3.8) is 0 Å². The highest BCUT2D eigenvalue weighted by Gasteiger charge is 2.24. The van der Waals surface area contributed by atoms with E-state index in [9.17, 15) is 4.79 Å². The number of aliphatic hydroxyl groups is 1. The first-order valence-electron chi connectivity index (χ1n) is 5.89. The minimum absolute atomic E-state index is 0.0229. The van der Waals surface area contributed by atoms with Gasteiger partial charge in [-0.1, -0.05) is 6.92 Å². The molecule has 2 unspecified atom stereocenters. The van der Waals surface area contributed by atoms with Crippen molar-refractivity contribution >= 4 is 5.91 Å². The Labute approximate surface area is 96.8 Å². The standard InChI is InChI=1S/C11H22N2O3/c1-3-9(2)12-11(15)6-13-4-5-16-8-10(13)7-14/h9-10,14H,3-8H2,1-2H3,(H,12,15). The third kappa shape index (κ3) is 4.08. The molecule has 0 aromatic heterocycles. The number of hydrogen-bond acceptors (Lipinski definition) is 4. The second-order valence-corrected chi connectivity index (χ2v) is 4.26. The van der Waals surface area contributed by atoms with Gasteiger partial charge in [0.05, 0.1) is 32.4 Å². The largest absolute Gasteiger partial charge is 0.395 e. The van der Waals surface area contributed by atoms with Crippen molar-refractivity contribution in [2.75, 3.05) is 32.9 Å². The monoisotopic (exact) mass is 230 g/mol. The van der Waals surface area contributed by atoms with Crippen LogP contribution >= 0.6 is 0 Å². The van der Waals surface area contributed by atoms with Gasteiger partial charge in [-0.3, -0.25) is 9.69 Å².